The van der Waals surface area contributed by atoms with Gasteiger partial charge in [-0.25, -0.2) is 8.42 Å². The third kappa shape index (κ3) is 7.76. The van der Waals surface area contributed by atoms with Crippen LogP contribution in [0.5, 0.6) is 11.5 Å². The molecule has 8 nitrogen and oxygen atoms in total. The monoisotopic (exact) mass is 645 g/mol. The molecule has 0 aliphatic heterocycles. The van der Waals surface area contributed by atoms with E-state index in [0.717, 1.165) is 18.6 Å². The highest BCUT2D eigenvalue weighted by Crippen LogP contribution is 2.38. The highest BCUT2D eigenvalue weighted by molar-refractivity contribution is 7.93. The Hall–Kier alpha value is -4.24. The van der Waals surface area contributed by atoms with E-state index >= 15 is 0 Å². The molecule has 0 atom stereocenters. The number of aromatic hydroxyl groups is 1. The van der Waals surface area contributed by atoms with Gasteiger partial charge in [-0.05, 0) is 71.7 Å². The molecular weight excluding hydrogens is 598 g/mol. The summed E-state index contributed by atoms with van der Waals surface area (Å²) in [4.78, 5) is 13.3. The summed E-state index contributed by atoms with van der Waals surface area (Å²) in [6, 6.07) is 20.7. The molecule has 1 amide bonds. The molecule has 4 aromatic carbocycles. The minimum atomic E-state index is -4.25. The van der Waals surface area contributed by atoms with Gasteiger partial charge in [0.1, 0.15) is 16.4 Å². The Balaban J connectivity index is 1.45. The van der Waals surface area contributed by atoms with Gasteiger partial charge >= 0.3 is 0 Å². The topological polar surface area (TPSA) is 131 Å². The number of nitrogens with two attached hydrogens (primary N) is 1. The number of fused-ring (bicyclic) bond motifs is 1. The van der Waals surface area contributed by atoms with Crippen LogP contribution in [0.15, 0.2) is 77.7 Å². The number of ether oxygens (including phenoxy) is 1. The van der Waals surface area contributed by atoms with E-state index in [-0.39, 0.29) is 38.4 Å². The molecular formula is C37H47N3O5S. The van der Waals surface area contributed by atoms with Crippen LogP contribution in [0, 0.1) is 0 Å². The van der Waals surface area contributed by atoms with Crippen LogP contribution in [0.25, 0.3) is 10.8 Å². The van der Waals surface area contributed by atoms with E-state index in [2.05, 4.69) is 69.8 Å². The summed E-state index contributed by atoms with van der Waals surface area (Å²) in [5.74, 6) is 0.307. The molecule has 0 saturated carbocycles. The predicted octanol–water partition coefficient (Wildman–Crippen LogP) is 7.89. The molecule has 0 saturated heterocycles. The van der Waals surface area contributed by atoms with E-state index in [4.69, 9.17) is 10.5 Å². The van der Waals surface area contributed by atoms with Crippen molar-refractivity contribution in [2.24, 2.45) is 0 Å². The first-order valence-corrected chi connectivity index (χ1v) is 17.4. The number of unbranched alkanes of at least 4 members (excludes halogenated alkanes) is 1. The number of rotatable bonds is 14. The van der Waals surface area contributed by atoms with Crippen molar-refractivity contribution in [1.29, 1.82) is 0 Å². The minimum Gasteiger partial charge on any atom is -0.508 e. The number of sulfonamides is 1. The first-order valence-electron chi connectivity index (χ1n) is 15.9. The second kappa shape index (κ2) is 14.0. The number of nitrogens with one attached hydrogen (secondary N) is 2. The molecule has 4 aromatic rings. The lowest BCUT2D eigenvalue weighted by Gasteiger charge is -2.30. The number of phenolic OH excluding ortho intramolecular Hbond substituents is 1. The maximum Gasteiger partial charge on any atom is 0.263 e. The Bertz CT molecular complexity index is 1820. The van der Waals surface area contributed by atoms with Crippen molar-refractivity contribution in [3.05, 3.63) is 89.5 Å². The summed E-state index contributed by atoms with van der Waals surface area (Å²) in [5, 5.41) is 13.7. The van der Waals surface area contributed by atoms with Crippen molar-refractivity contribution >= 4 is 38.1 Å². The van der Waals surface area contributed by atoms with E-state index in [1.165, 1.54) is 35.4 Å². The quantitative estimate of drug-likeness (QED) is 0.0627. The summed E-state index contributed by atoms with van der Waals surface area (Å²) in [7, 11) is -4.25. The van der Waals surface area contributed by atoms with Crippen molar-refractivity contribution in [2.75, 3.05) is 23.6 Å². The molecule has 0 unspecified atom stereocenters. The van der Waals surface area contributed by atoms with Crippen LogP contribution >= 0.6 is 0 Å². The van der Waals surface area contributed by atoms with Crippen LogP contribution in [0.1, 0.15) is 88.7 Å². The van der Waals surface area contributed by atoms with Crippen LogP contribution in [0.2, 0.25) is 0 Å². The maximum absolute atomic E-state index is 13.7. The molecule has 5 N–H and O–H groups in total. The van der Waals surface area contributed by atoms with E-state index in [1.807, 2.05) is 0 Å². The Kier molecular flexibility index (Phi) is 10.6. The fraction of sp³-hybridized carbons (Fsp3) is 0.378. The second-order valence-electron chi connectivity index (χ2n) is 13.0. The Labute approximate surface area is 273 Å². The largest absolute Gasteiger partial charge is 0.508 e. The van der Waals surface area contributed by atoms with Gasteiger partial charge in [-0.3, -0.25) is 9.52 Å². The van der Waals surface area contributed by atoms with E-state index in [9.17, 15) is 18.3 Å². The average Bonchev–Trinajstić information content (AvgIpc) is 3.03. The first-order chi connectivity index (χ1) is 21.7. The molecule has 9 heteroatoms. The van der Waals surface area contributed by atoms with Crippen LogP contribution in [-0.4, -0.2) is 32.6 Å². The third-order valence-corrected chi connectivity index (χ3v) is 10.5. The summed E-state index contributed by atoms with van der Waals surface area (Å²) in [6.45, 7) is 14.2. The number of amides is 1. The molecule has 0 aliphatic rings. The lowest BCUT2D eigenvalue weighted by Crippen LogP contribution is -2.28. The number of carbonyl (C=O) groups excluding carboxylic acids is 1. The molecule has 0 aromatic heterocycles. The molecule has 246 valence electrons. The fourth-order valence-electron chi connectivity index (χ4n) is 5.26. The number of benzene rings is 4. The van der Waals surface area contributed by atoms with Gasteiger partial charge in [0.05, 0.1) is 23.5 Å². The summed E-state index contributed by atoms with van der Waals surface area (Å²) in [5.41, 5.74) is 8.69. The normalized spacial score (nSPS) is 12.2. The third-order valence-electron chi connectivity index (χ3n) is 9.04. The van der Waals surface area contributed by atoms with Gasteiger partial charge in [-0.1, -0.05) is 84.0 Å². The number of nitrogen functional groups attached to an aromatic ring is 1. The molecule has 0 spiro atoms. The molecule has 0 heterocycles. The lowest BCUT2D eigenvalue weighted by molar-refractivity contribution is 0.0949. The molecule has 46 heavy (non-hydrogen) atoms. The van der Waals surface area contributed by atoms with Crippen LogP contribution in [-0.2, 0) is 20.9 Å². The Morgan fingerprint density at radius 2 is 1.61 bits per heavy atom. The van der Waals surface area contributed by atoms with Crippen molar-refractivity contribution in [3.63, 3.8) is 0 Å². The van der Waals surface area contributed by atoms with Crippen LogP contribution < -0.4 is 20.5 Å². The zero-order valence-corrected chi connectivity index (χ0v) is 28.6. The number of hydrogen-bond acceptors (Lipinski definition) is 6. The number of anilines is 2. The van der Waals surface area contributed by atoms with Crippen LogP contribution in [0.4, 0.5) is 11.4 Å². The standard InChI is InChI=1S/C37H47N3O5S/c1-7-36(3,4)26-16-20-33(30(23-26)37(5,6)8-2)45-22-12-11-21-39-35(42)29-18-15-25-13-9-10-14-28(25)34(29)46(43,44)40-32-19-17-27(41)24-31(32)38/h9-10,13-20,23-24,40-41H,7-8,11-12,21-22,38H2,1-6H3,(H,39,42). The average molecular weight is 646 g/mol. The Morgan fingerprint density at radius 3 is 2.30 bits per heavy atom. The molecule has 0 aliphatic carbocycles. The van der Waals surface area contributed by atoms with Gasteiger partial charge in [0.2, 0.25) is 0 Å². The molecule has 0 radical (unpaired) electrons. The van der Waals surface area contributed by atoms with Crippen LogP contribution in [0.3, 0.4) is 0 Å². The van der Waals surface area contributed by atoms with E-state index in [0.29, 0.717) is 36.8 Å². The fourth-order valence-corrected chi connectivity index (χ4v) is 6.76. The van der Waals surface area contributed by atoms with Crippen molar-refractivity contribution < 1.29 is 23.1 Å². The SMILES string of the molecule is CCC(C)(C)c1ccc(OCCCCNC(=O)c2ccc3ccccc3c2S(=O)(=O)Nc2ccc(O)cc2N)c(C(C)(C)CC)c1. The Morgan fingerprint density at radius 1 is 0.891 bits per heavy atom. The minimum absolute atomic E-state index is 0.0290. The summed E-state index contributed by atoms with van der Waals surface area (Å²) >= 11 is 0. The van der Waals surface area contributed by atoms with E-state index in [1.54, 1.807) is 30.3 Å². The van der Waals surface area contributed by atoms with Crippen molar-refractivity contribution in [1.82, 2.24) is 5.32 Å². The summed E-state index contributed by atoms with van der Waals surface area (Å²) < 4.78 is 36.2. The number of carbonyl (C=O) groups is 1. The molecule has 4 rings (SSSR count). The molecule has 0 bridgehead atoms. The van der Waals surface area contributed by atoms with Crippen molar-refractivity contribution in [3.8, 4) is 11.5 Å². The highest BCUT2D eigenvalue weighted by atomic mass is 32.2. The molecule has 0 fully saturated rings. The van der Waals surface area contributed by atoms with Gasteiger partial charge in [-0.15, -0.1) is 0 Å². The highest BCUT2D eigenvalue weighted by Gasteiger charge is 2.28. The zero-order valence-electron chi connectivity index (χ0n) is 27.7. The van der Waals surface area contributed by atoms with Crippen molar-refractivity contribution in [2.45, 2.75) is 83.0 Å². The smallest absolute Gasteiger partial charge is 0.263 e. The van der Waals surface area contributed by atoms with Gasteiger partial charge in [0, 0.05) is 23.6 Å². The van der Waals surface area contributed by atoms with Gasteiger partial charge in [-0.2, -0.15) is 0 Å². The number of phenols is 1. The summed E-state index contributed by atoms with van der Waals surface area (Å²) in [6.07, 6.45) is 3.38. The zero-order chi connectivity index (χ0) is 33.7. The van der Waals surface area contributed by atoms with Gasteiger partial charge in [0.15, 0.2) is 0 Å². The van der Waals surface area contributed by atoms with Gasteiger partial charge in [0.25, 0.3) is 15.9 Å². The predicted molar refractivity (Wildman–Crippen MR) is 187 cm³/mol. The lowest BCUT2D eigenvalue weighted by atomic mass is 9.76. The van der Waals surface area contributed by atoms with E-state index < -0.39 is 15.9 Å². The first kappa shape index (κ1) is 34.6. The number of hydrogen-bond donors (Lipinski definition) is 4. The maximum atomic E-state index is 13.7. The second-order valence-corrected chi connectivity index (χ2v) is 14.7. The van der Waals surface area contributed by atoms with Gasteiger partial charge < -0.3 is 20.9 Å².